The molecule has 164 valence electrons. The lowest BCUT2D eigenvalue weighted by Gasteiger charge is -2.26. The predicted octanol–water partition coefficient (Wildman–Crippen LogP) is 1.42. The zero-order valence-corrected chi connectivity index (χ0v) is 18.5. The van der Waals surface area contributed by atoms with Crippen LogP contribution in [0.4, 0.5) is 5.69 Å². The van der Waals surface area contributed by atoms with Crippen LogP contribution in [0.25, 0.3) is 0 Å². The summed E-state index contributed by atoms with van der Waals surface area (Å²) >= 11 is 0. The van der Waals surface area contributed by atoms with Crippen molar-refractivity contribution in [2.45, 2.75) is 51.6 Å². The Balaban J connectivity index is 1.52. The summed E-state index contributed by atoms with van der Waals surface area (Å²) in [6.45, 7) is 6.68. The summed E-state index contributed by atoms with van der Waals surface area (Å²) in [7, 11) is 0. The molecule has 31 heavy (non-hydrogen) atoms. The van der Waals surface area contributed by atoms with E-state index in [0.29, 0.717) is 5.92 Å². The van der Waals surface area contributed by atoms with Gasteiger partial charge in [0.25, 0.3) is 0 Å². The average molecular weight is 421 g/mol. The minimum atomic E-state index is 0.102. The van der Waals surface area contributed by atoms with Gasteiger partial charge in [0.2, 0.25) is 5.71 Å². The summed E-state index contributed by atoms with van der Waals surface area (Å²) < 4.78 is 0. The highest BCUT2D eigenvalue weighted by molar-refractivity contribution is 6.03. The van der Waals surface area contributed by atoms with Gasteiger partial charge in [-0.3, -0.25) is 0 Å². The molecule has 3 heterocycles. The lowest BCUT2D eigenvalue weighted by molar-refractivity contribution is -0.521. The second kappa shape index (κ2) is 9.81. The van der Waals surface area contributed by atoms with Crippen LogP contribution in [0.1, 0.15) is 39.5 Å². The van der Waals surface area contributed by atoms with Crippen molar-refractivity contribution in [3.8, 4) is 0 Å². The molecule has 2 aliphatic heterocycles. The van der Waals surface area contributed by atoms with Crippen LogP contribution in [0, 0.1) is 5.92 Å². The number of allylic oxidation sites excluding steroid dienone is 5. The number of hydrazine groups is 1. The Morgan fingerprint density at radius 2 is 2.23 bits per heavy atom. The summed E-state index contributed by atoms with van der Waals surface area (Å²) in [6.07, 6.45) is 18.9. The fourth-order valence-electron chi connectivity index (χ4n) is 4.67. The number of likely N-dealkylation sites (tertiary alicyclic amines) is 1. The molecule has 1 aromatic heterocycles. The molecular formula is C24H34N7+. The van der Waals surface area contributed by atoms with Gasteiger partial charge in [-0.05, 0) is 56.2 Å². The van der Waals surface area contributed by atoms with Crippen molar-refractivity contribution in [3.63, 3.8) is 0 Å². The quantitative estimate of drug-likeness (QED) is 0.508. The van der Waals surface area contributed by atoms with Gasteiger partial charge in [0.1, 0.15) is 12.1 Å². The molecule has 1 aliphatic carbocycles. The van der Waals surface area contributed by atoms with E-state index < -0.39 is 0 Å². The Bertz CT molecular complexity index is 907. The van der Waals surface area contributed by atoms with Crippen molar-refractivity contribution in [1.29, 1.82) is 0 Å². The van der Waals surface area contributed by atoms with E-state index in [-0.39, 0.29) is 12.1 Å². The highest BCUT2D eigenvalue weighted by Crippen LogP contribution is 2.30. The zero-order valence-electron chi connectivity index (χ0n) is 18.5. The smallest absolute Gasteiger partial charge is 0.230 e. The second-order valence-corrected chi connectivity index (χ2v) is 8.47. The molecule has 1 saturated heterocycles. The third kappa shape index (κ3) is 4.81. The summed E-state index contributed by atoms with van der Waals surface area (Å²) in [5, 5.41) is 14.7. The standard InChI is InChI=1S/C24H33N7/c1-3-18(13-21(15-25)31-11-4-5-12-31)19-7-6-8-23-22(14-19)24(30-29-23)17(2)28-20-9-10-26-27-16-20/h6-10,14-18,23,29H,3-5,11-13,25H2,1-2H3,(H,26,28)/p+1/b21-15+/t17-,18?,23?/m1/s1. The van der Waals surface area contributed by atoms with E-state index in [9.17, 15) is 0 Å². The fourth-order valence-corrected chi connectivity index (χ4v) is 4.67. The van der Waals surface area contributed by atoms with Crippen LogP contribution >= 0.6 is 0 Å². The van der Waals surface area contributed by atoms with E-state index in [2.05, 4.69) is 69.1 Å². The number of rotatable bonds is 8. The van der Waals surface area contributed by atoms with Crippen LogP contribution in [0.5, 0.6) is 0 Å². The van der Waals surface area contributed by atoms with Crippen LogP contribution in [-0.2, 0) is 0 Å². The Morgan fingerprint density at radius 1 is 1.39 bits per heavy atom. The van der Waals surface area contributed by atoms with Crippen molar-refractivity contribution >= 4 is 11.4 Å². The minimum Gasteiger partial charge on any atom is -0.403 e. The van der Waals surface area contributed by atoms with Gasteiger partial charge in [-0.1, -0.05) is 25.2 Å². The summed E-state index contributed by atoms with van der Waals surface area (Å²) in [5.41, 5.74) is 15.5. The number of anilines is 1. The maximum atomic E-state index is 6.04. The molecule has 0 amide bonds. The number of nitrogens with zero attached hydrogens (tertiary/aromatic N) is 3. The van der Waals surface area contributed by atoms with Gasteiger partial charge in [0.15, 0.2) is 0 Å². The van der Waals surface area contributed by atoms with E-state index in [0.717, 1.165) is 37.3 Å². The molecule has 3 atom stereocenters. The average Bonchev–Trinajstić information content (AvgIpc) is 3.41. The van der Waals surface area contributed by atoms with Gasteiger partial charge < -0.3 is 16.0 Å². The number of hydrogen-bond donors (Lipinski definition) is 4. The molecule has 0 saturated carbocycles. The molecule has 0 bridgehead atoms. The number of fused-ring (bicyclic) bond motifs is 1. The molecule has 4 rings (SSSR count). The fraction of sp³-hybridized carbons (Fsp3) is 0.458. The third-order valence-corrected chi connectivity index (χ3v) is 6.45. The molecule has 0 aromatic carbocycles. The van der Waals surface area contributed by atoms with Gasteiger partial charge in [-0.15, -0.1) is 5.10 Å². The topological polar surface area (TPSA) is 93.1 Å². The Kier molecular flexibility index (Phi) is 6.70. The van der Waals surface area contributed by atoms with Gasteiger partial charge >= 0.3 is 0 Å². The zero-order chi connectivity index (χ0) is 21.6. The van der Waals surface area contributed by atoms with Crippen LogP contribution in [0.2, 0.25) is 0 Å². The highest BCUT2D eigenvalue weighted by atomic mass is 15.3. The minimum absolute atomic E-state index is 0.102. The van der Waals surface area contributed by atoms with Crippen molar-refractivity contribution < 1.29 is 5.10 Å². The lowest BCUT2D eigenvalue weighted by Crippen LogP contribution is -2.81. The molecule has 2 unspecified atom stereocenters. The first-order chi connectivity index (χ1) is 15.2. The number of hydrogen-bond acceptors (Lipinski definition) is 6. The molecule has 0 spiro atoms. The van der Waals surface area contributed by atoms with E-state index in [1.807, 2.05) is 12.3 Å². The monoisotopic (exact) mass is 420 g/mol. The van der Waals surface area contributed by atoms with Crippen molar-refractivity contribution in [1.82, 2.24) is 20.5 Å². The molecule has 7 heteroatoms. The summed E-state index contributed by atoms with van der Waals surface area (Å²) in [6, 6.07) is 2.19. The first-order valence-corrected chi connectivity index (χ1v) is 11.4. The molecule has 7 nitrogen and oxygen atoms in total. The largest absolute Gasteiger partial charge is 0.403 e. The summed E-state index contributed by atoms with van der Waals surface area (Å²) in [5.74, 6) is 0.431. The molecule has 0 radical (unpaired) electrons. The maximum absolute atomic E-state index is 6.04. The number of nitrogens with one attached hydrogen (secondary N) is 3. The van der Waals surface area contributed by atoms with Crippen LogP contribution in [0.3, 0.4) is 0 Å². The number of hydrazone groups is 1. The summed E-state index contributed by atoms with van der Waals surface area (Å²) in [4.78, 5) is 2.46. The van der Waals surface area contributed by atoms with Crippen LogP contribution in [-0.4, -0.2) is 46.0 Å². The first kappa shape index (κ1) is 21.2. The van der Waals surface area contributed by atoms with Gasteiger partial charge in [0.05, 0.1) is 23.7 Å². The maximum Gasteiger partial charge on any atom is 0.230 e. The van der Waals surface area contributed by atoms with Crippen LogP contribution < -0.4 is 21.6 Å². The van der Waals surface area contributed by atoms with E-state index in [1.165, 1.54) is 29.7 Å². The molecule has 5 N–H and O–H groups in total. The second-order valence-electron chi connectivity index (χ2n) is 8.47. The number of aromatic nitrogens is 2. The molecule has 1 aromatic rings. The lowest BCUT2D eigenvalue weighted by atomic mass is 9.88. The predicted molar refractivity (Wildman–Crippen MR) is 125 cm³/mol. The van der Waals surface area contributed by atoms with Crippen molar-refractivity contribution in [3.05, 3.63) is 65.8 Å². The SMILES string of the molecule is CCC(C/C(=C\N)N1CCCC1)C1=CC=CC2N[NH+]=C([C@@H](C)Nc3ccnnc3)C2=C1. The third-order valence-electron chi connectivity index (χ3n) is 6.45. The van der Waals surface area contributed by atoms with Gasteiger partial charge in [0, 0.05) is 25.0 Å². The number of nitrogens with two attached hydrogens (primary N) is 1. The molecule has 3 aliphatic rings. The van der Waals surface area contributed by atoms with Crippen LogP contribution in [0.15, 0.2) is 65.8 Å². The van der Waals surface area contributed by atoms with Crippen molar-refractivity contribution in [2.75, 3.05) is 18.4 Å². The molecular weight excluding hydrogens is 386 g/mol. The van der Waals surface area contributed by atoms with Gasteiger partial charge in [-0.25, -0.2) is 0 Å². The Labute approximate surface area is 184 Å². The molecule has 1 fully saturated rings. The van der Waals surface area contributed by atoms with E-state index in [1.54, 1.807) is 12.4 Å². The highest BCUT2D eigenvalue weighted by Gasteiger charge is 2.34. The normalized spacial score (nSPS) is 22.6. The van der Waals surface area contributed by atoms with E-state index in [4.69, 9.17) is 5.73 Å². The Hall–Kier alpha value is -3.09. The van der Waals surface area contributed by atoms with E-state index >= 15 is 0 Å². The van der Waals surface area contributed by atoms with Crippen molar-refractivity contribution in [2.24, 2.45) is 11.7 Å². The Morgan fingerprint density at radius 3 is 2.94 bits per heavy atom. The van der Waals surface area contributed by atoms with Gasteiger partial charge in [-0.2, -0.15) is 15.6 Å². The first-order valence-electron chi connectivity index (χ1n) is 11.4.